The Bertz CT molecular complexity index is 423. The topological polar surface area (TPSA) is 15.3 Å². The average Bonchev–Trinajstić information content (AvgIpc) is 2.66. The lowest BCUT2D eigenvalue weighted by molar-refractivity contribution is 0.273. The van der Waals surface area contributed by atoms with Crippen molar-refractivity contribution in [3.8, 4) is 0 Å². The van der Waals surface area contributed by atoms with Crippen molar-refractivity contribution in [2.24, 2.45) is 5.92 Å². The monoisotopic (exact) mass is 246 g/mol. The number of nitrogens with zero attached hydrogens (tertiary/aromatic N) is 1. The molecule has 0 spiro atoms. The molecule has 0 radical (unpaired) electrons. The number of hydrogen-bond donors (Lipinski definition) is 1. The summed E-state index contributed by atoms with van der Waals surface area (Å²) < 4.78 is 0. The van der Waals surface area contributed by atoms with Gasteiger partial charge in [0.2, 0.25) is 0 Å². The Kier molecular flexibility index (Phi) is 4.08. The van der Waals surface area contributed by atoms with E-state index < -0.39 is 0 Å². The molecule has 1 saturated heterocycles. The second kappa shape index (κ2) is 5.41. The fourth-order valence-corrected chi connectivity index (χ4v) is 3.30. The van der Waals surface area contributed by atoms with Crippen LogP contribution in [0.4, 0.5) is 0 Å². The predicted molar refractivity (Wildman–Crippen MR) is 78.1 cm³/mol. The van der Waals surface area contributed by atoms with Crippen LogP contribution in [0.15, 0.2) is 12.1 Å². The van der Waals surface area contributed by atoms with Crippen LogP contribution < -0.4 is 5.32 Å². The highest BCUT2D eigenvalue weighted by atomic mass is 15.2. The lowest BCUT2D eigenvalue weighted by Crippen LogP contribution is -2.27. The number of hydrogen-bond acceptors (Lipinski definition) is 2. The summed E-state index contributed by atoms with van der Waals surface area (Å²) in [5.74, 6) is 0.737. The maximum atomic E-state index is 3.35. The third kappa shape index (κ3) is 2.45. The van der Waals surface area contributed by atoms with Gasteiger partial charge in [-0.2, -0.15) is 0 Å². The van der Waals surface area contributed by atoms with E-state index in [1.54, 1.807) is 0 Å². The first kappa shape index (κ1) is 13.6. The van der Waals surface area contributed by atoms with Gasteiger partial charge in [0, 0.05) is 6.04 Å². The average molecular weight is 246 g/mol. The molecule has 1 aliphatic rings. The molecule has 0 aliphatic carbocycles. The molecule has 1 aliphatic heterocycles. The van der Waals surface area contributed by atoms with E-state index in [1.807, 2.05) is 0 Å². The number of benzene rings is 1. The van der Waals surface area contributed by atoms with Crippen molar-refractivity contribution in [2.45, 2.75) is 33.2 Å². The fraction of sp³-hybridized carbons (Fsp3) is 0.625. The molecule has 1 aromatic rings. The summed E-state index contributed by atoms with van der Waals surface area (Å²) >= 11 is 0. The van der Waals surface area contributed by atoms with Crippen LogP contribution in [0.3, 0.4) is 0 Å². The number of nitrogens with one attached hydrogen (secondary N) is 1. The van der Waals surface area contributed by atoms with E-state index in [1.165, 1.54) is 35.2 Å². The number of rotatable bonds is 3. The van der Waals surface area contributed by atoms with Gasteiger partial charge in [-0.3, -0.25) is 4.90 Å². The van der Waals surface area contributed by atoms with Crippen LogP contribution in [0.1, 0.15) is 34.7 Å². The lowest BCUT2D eigenvalue weighted by atomic mass is 9.88. The molecule has 1 heterocycles. The van der Waals surface area contributed by atoms with Gasteiger partial charge < -0.3 is 5.32 Å². The molecule has 0 saturated carbocycles. The Labute approximate surface area is 111 Å². The van der Waals surface area contributed by atoms with Crippen molar-refractivity contribution in [3.05, 3.63) is 34.4 Å². The molecule has 0 aromatic heterocycles. The molecule has 18 heavy (non-hydrogen) atoms. The Morgan fingerprint density at radius 1 is 1.17 bits per heavy atom. The quantitative estimate of drug-likeness (QED) is 0.882. The minimum Gasteiger partial charge on any atom is -0.319 e. The van der Waals surface area contributed by atoms with Gasteiger partial charge in [0.05, 0.1) is 0 Å². The molecule has 1 N–H and O–H groups in total. The largest absolute Gasteiger partial charge is 0.319 e. The molecule has 0 amide bonds. The highest BCUT2D eigenvalue weighted by Gasteiger charge is 2.33. The first-order chi connectivity index (χ1) is 8.54. The minimum absolute atomic E-state index is 0.580. The third-order valence-electron chi connectivity index (χ3n) is 4.44. The van der Waals surface area contributed by atoms with Crippen molar-refractivity contribution in [1.29, 1.82) is 0 Å². The van der Waals surface area contributed by atoms with Gasteiger partial charge in [-0.25, -0.2) is 0 Å². The summed E-state index contributed by atoms with van der Waals surface area (Å²) in [6, 6.07) is 5.32. The Balaban J connectivity index is 2.36. The molecule has 2 atom stereocenters. The van der Waals surface area contributed by atoms with Gasteiger partial charge in [0.15, 0.2) is 0 Å². The van der Waals surface area contributed by atoms with E-state index in [2.05, 4.69) is 57.2 Å². The molecule has 2 nitrogen and oxygen atoms in total. The highest BCUT2D eigenvalue weighted by Crippen LogP contribution is 2.37. The van der Waals surface area contributed by atoms with Crippen LogP contribution in [0, 0.1) is 26.7 Å². The van der Waals surface area contributed by atoms with E-state index in [0.717, 1.165) is 12.5 Å². The van der Waals surface area contributed by atoms with Crippen LogP contribution >= 0.6 is 0 Å². The van der Waals surface area contributed by atoms with E-state index in [0.29, 0.717) is 6.04 Å². The molecule has 2 heteroatoms. The normalized spacial score (nSPS) is 24.7. The van der Waals surface area contributed by atoms with Crippen molar-refractivity contribution in [1.82, 2.24) is 10.2 Å². The summed E-state index contributed by atoms with van der Waals surface area (Å²) in [5, 5.41) is 3.35. The van der Waals surface area contributed by atoms with Crippen molar-refractivity contribution >= 4 is 0 Å². The molecule has 2 unspecified atom stereocenters. The van der Waals surface area contributed by atoms with Gasteiger partial charge in [-0.15, -0.1) is 0 Å². The molecule has 1 aromatic carbocycles. The maximum Gasteiger partial charge on any atom is 0.0388 e. The van der Waals surface area contributed by atoms with Crippen LogP contribution in [-0.2, 0) is 0 Å². The third-order valence-corrected chi connectivity index (χ3v) is 4.44. The van der Waals surface area contributed by atoms with Crippen LogP contribution in [-0.4, -0.2) is 32.1 Å². The van der Waals surface area contributed by atoms with Crippen molar-refractivity contribution in [2.75, 3.05) is 27.2 Å². The summed E-state index contributed by atoms with van der Waals surface area (Å²) in [6.45, 7) is 9.00. The molecule has 2 rings (SSSR count). The number of likely N-dealkylation sites (tertiary alicyclic amines) is 1. The lowest BCUT2D eigenvalue weighted by Gasteiger charge is -2.27. The second-order valence-corrected chi connectivity index (χ2v) is 5.82. The summed E-state index contributed by atoms with van der Waals surface area (Å²) in [5.41, 5.74) is 5.79. The summed E-state index contributed by atoms with van der Waals surface area (Å²) in [7, 11) is 4.32. The summed E-state index contributed by atoms with van der Waals surface area (Å²) in [4.78, 5) is 2.51. The van der Waals surface area contributed by atoms with Gasteiger partial charge >= 0.3 is 0 Å². The molecule has 0 bridgehead atoms. The zero-order valence-electron chi connectivity index (χ0n) is 12.4. The first-order valence-corrected chi connectivity index (χ1v) is 6.97. The Hall–Kier alpha value is -0.860. The van der Waals surface area contributed by atoms with Crippen LogP contribution in [0.2, 0.25) is 0 Å². The van der Waals surface area contributed by atoms with Crippen molar-refractivity contribution in [3.63, 3.8) is 0 Å². The standard InChI is InChI=1S/C16H26N2/c1-11-8-13(3)15(9-12(11)2)16-14(10-17-4)6-7-18(16)5/h8-9,14,16-17H,6-7,10H2,1-5H3. The van der Waals surface area contributed by atoms with Crippen molar-refractivity contribution < 1.29 is 0 Å². The van der Waals surface area contributed by atoms with E-state index >= 15 is 0 Å². The number of aryl methyl sites for hydroxylation is 3. The molecular weight excluding hydrogens is 220 g/mol. The first-order valence-electron chi connectivity index (χ1n) is 6.97. The van der Waals surface area contributed by atoms with Gasteiger partial charge in [-0.05, 0) is 82.5 Å². The zero-order chi connectivity index (χ0) is 13.3. The molecule has 100 valence electrons. The maximum absolute atomic E-state index is 3.35. The van der Waals surface area contributed by atoms with Crippen LogP contribution in [0.25, 0.3) is 0 Å². The predicted octanol–water partition coefficient (Wildman–Crippen LogP) is 2.82. The Morgan fingerprint density at radius 3 is 2.50 bits per heavy atom. The molecule has 1 fully saturated rings. The van der Waals surface area contributed by atoms with E-state index in [9.17, 15) is 0 Å². The van der Waals surface area contributed by atoms with E-state index in [-0.39, 0.29) is 0 Å². The van der Waals surface area contributed by atoms with Crippen LogP contribution in [0.5, 0.6) is 0 Å². The zero-order valence-corrected chi connectivity index (χ0v) is 12.4. The van der Waals surface area contributed by atoms with Gasteiger partial charge in [0.25, 0.3) is 0 Å². The van der Waals surface area contributed by atoms with Gasteiger partial charge in [-0.1, -0.05) is 12.1 Å². The Morgan fingerprint density at radius 2 is 1.83 bits per heavy atom. The van der Waals surface area contributed by atoms with Gasteiger partial charge in [0.1, 0.15) is 0 Å². The highest BCUT2D eigenvalue weighted by molar-refractivity contribution is 5.39. The SMILES string of the molecule is CNCC1CCN(C)C1c1cc(C)c(C)cc1C. The van der Waals surface area contributed by atoms with E-state index in [4.69, 9.17) is 0 Å². The minimum atomic E-state index is 0.580. The molecular formula is C16H26N2. The fourth-order valence-electron chi connectivity index (χ4n) is 3.30. The second-order valence-electron chi connectivity index (χ2n) is 5.82. The summed E-state index contributed by atoms with van der Waals surface area (Å²) in [6.07, 6.45) is 1.30. The smallest absolute Gasteiger partial charge is 0.0388 e.